The number of rotatable bonds is 6. The molecule has 1 rings (SSSR count). The van der Waals surface area contributed by atoms with E-state index < -0.39 is 0 Å². The lowest BCUT2D eigenvalue weighted by Gasteiger charge is -2.28. The van der Waals surface area contributed by atoms with Crippen LogP contribution in [0.2, 0.25) is 5.02 Å². The summed E-state index contributed by atoms with van der Waals surface area (Å²) in [5.41, 5.74) is 0.934. The van der Waals surface area contributed by atoms with E-state index in [1.807, 2.05) is 17.8 Å². The maximum absolute atomic E-state index is 6.01. The fraction of sp³-hybridized carbons (Fsp3) is 0.583. The fourth-order valence-corrected chi connectivity index (χ4v) is 2.95. The standard InChI is InChI=1S/C12H18Cl2N2S/c1-4-10(8-17-3)16(2)12-5-9(6-13)11(14)7-15-12/h5,7,10H,4,6,8H2,1-3H3. The Hall–Kier alpha value is -0.120. The van der Waals surface area contributed by atoms with Crippen molar-refractivity contribution in [2.24, 2.45) is 0 Å². The van der Waals surface area contributed by atoms with Crippen molar-refractivity contribution in [3.63, 3.8) is 0 Å². The van der Waals surface area contributed by atoms with Crippen molar-refractivity contribution in [1.82, 2.24) is 4.98 Å². The summed E-state index contributed by atoms with van der Waals surface area (Å²) in [4.78, 5) is 6.56. The fourth-order valence-electron chi connectivity index (χ4n) is 1.65. The molecule has 1 aromatic heterocycles. The molecule has 0 amide bonds. The highest BCUT2D eigenvalue weighted by atomic mass is 35.5. The van der Waals surface area contributed by atoms with Crippen molar-refractivity contribution in [2.45, 2.75) is 25.3 Å². The Morgan fingerprint density at radius 1 is 1.53 bits per heavy atom. The number of nitrogens with zero attached hydrogens (tertiary/aromatic N) is 2. The summed E-state index contributed by atoms with van der Waals surface area (Å²) in [6, 6.07) is 2.46. The number of pyridine rings is 1. The van der Waals surface area contributed by atoms with Crippen molar-refractivity contribution in [3.8, 4) is 0 Å². The van der Waals surface area contributed by atoms with Gasteiger partial charge >= 0.3 is 0 Å². The second-order valence-electron chi connectivity index (χ2n) is 3.90. The van der Waals surface area contributed by atoms with Gasteiger partial charge in [-0.15, -0.1) is 11.6 Å². The van der Waals surface area contributed by atoms with Gasteiger partial charge in [-0.3, -0.25) is 0 Å². The molecule has 0 saturated carbocycles. The minimum Gasteiger partial charge on any atom is -0.356 e. The molecule has 2 nitrogen and oxygen atoms in total. The van der Waals surface area contributed by atoms with E-state index in [1.54, 1.807) is 6.20 Å². The van der Waals surface area contributed by atoms with E-state index in [-0.39, 0.29) is 0 Å². The van der Waals surface area contributed by atoms with E-state index in [0.29, 0.717) is 16.9 Å². The van der Waals surface area contributed by atoms with Crippen molar-refractivity contribution in [1.29, 1.82) is 0 Å². The van der Waals surface area contributed by atoms with Crippen molar-refractivity contribution in [3.05, 3.63) is 22.8 Å². The normalized spacial score (nSPS) is 12.5. The van der Waals surface area contributed by atoms with Gasteiger partial charge in [0.2, 0.25) is 0 Å². The van der Waals surface area contributed by atoms with Crippen LogP contribution < -0.4 is 4.90 Å². The van der Waals surface area contributed by atoms with Crippen molar-refractivity contribution >= 4 is 40.8 Å². The van der Waals surface area contributed by atoms with Gasteiger partial charge in [-0.2, -0.15) is 11.8 Å². The second kappa shape index (κ2) is 7.34. The van der Waals surface area contributed by atoms with Crippen LogP contribution in [-0.2, 0) is 5.88 Å². The SMILES string of the molecule is CCC(CSC)N(C)c1cc(CCl)c(Cl)cn1. The maximum Gasteiger partial charge on any atom is 0.128 e. The molecule has 0 spiro atoms. The molecule has 0 aromatic carbocycles. The molecule has 0 bridgehead atoms. The van der Waals surface area contributed by atoms with E-state index in [2.05, 4.69) is 30.1 Å². The third-order valence-corrected chi connectivity index (χ3v) is 4.15. The van der Waals surface area contributed by atoms with Crippen LogP contribution in [0.4, 0.5) is 5.82 Å². The lowest BCUT2D eigenvalue weighted by Crippen LogP contribution is -2.33. The van der Waals surface area contributed by atoms with E-state index in [9.17, 15) is 0 Å². The van der Waals surface area contributed by atoms with Crippen molar-refractivity contribution < 1.29 is 0 Å². The predicted molar refractivity (Wildman–Crippen MR) is 79.7 cm³/mol. The van der Waals surface area contributed by atoms with Crippen LogP contribution >= 0.6 is 35.0 Å². The average molecular weight is 293 g/mol. The molecule has 1 aromatic rings. The Labute approximate surface area is 118 Å². The minimum atomic E-state index is 0.418. The Balaban J connectivity index is 2.90. The molecule has 96 valence electrons. The van der Waals surface area contributed by atoms with Gasteiger partial charge in [0.15, 0.2) is 0 Å². The third-order valence-electron chi connectivity index (χ3n) is 2.80. The smallest absolute Gasteiger partial charge is 0.128 e. The van der Waals surface area contributed by atoms with Gasteiger partial charge in [0.1, 0.15) is 5.82 Å². The van der Waals surface area contributed by atoms with Crippen LogP contribution in [0.25, 0.3) is 0 Å². The third kappa shape index (κ3) is 3.94. The molecular formula is C12H18Cl2N2S. The van der Waals surface area contributed by atoms with Crippen LogP contribution in [0.5, 0.6) is 0 Å². The summed E-state index contributed by atoms with van der Waals surface area (Å²) in [5.74, 6) is 2.45. The van der Waals surface area contributed by atoms with E-state index in [4.69, 9.17) is 23.2 Å². The summed E-state index contributed by atoms with van der Waals surface area (Å²) >= 11 is 13.7. The first-order chi connectivity index (χ1) is 8.13. The predicted octanol–water partition coefficient (Wildman–Crippen LogP) is 4.05. The maximum atomic E-state index is 6.01. The Bertz CT molecular complexity index is 360. The number of anilines is 1. The summed E-state index contributed by atoms with van der Waals surface area (Å²) in [5, 5.41) is 0.634. The van der Waals surface area contributed by atoms with Crippen LogP contribution in [-0.4, -0.2) is 30.1 Å². The monoisotopic (exact) mass is 292 g/mol. The molecule has 1 atom stereocenters. The Kier molecular flexibility index (Phi) is 6.45. The first-order valence-electron chi connectivity index (χ1n) is 5.56. The zero-order chi connectivity index (χ0) is 12.8. The molecule has 17 heavy (non-hydrogen) atoms. The molecule has 0 aliphatic carbocycles. The van der Waals surface area contributed by atoms with E-state index in [1.165, 1.54) is 0 Å². The number of hydrogen-bond donors (Lipinski definition) is 0. The Morgan fingerprint density at radius 3 is 2.76 bits per heavy atom. The van der Waals surface area contributed by atoms with Gasteiger partial charge in [0.25, 0.3) is 0 Å². The molecule has 5 heteroatoms. The zero-order valence-electron chi connectivity index (χ0n) is 10.4. The number of thioether (sulfide) groups is 1. The molecule has 1 heterocycles. The van der Waals surface area contributed by atoms with Crippen LogP contribution in [0.15, 0.2) is 12.3 Å². The summed E-state index contributed by atoms with van der Waals surface area (Å²) in [6.45, 7) is 2.19. The van der Waals surface area contributed by atoms with E-state index in [0.717, 1.165) is 23.6 Å². The summed E-state index contributed by atoms with van der Waals surface area (Å²) in [7, 11) is 2.07. The zero-order valence-corrected chi connectivity index (χ0v) is 12.7. The van der Waals surface area contributed by atoms with Crippen LogP contribution in [0.3, 0.4) is 0 Å². The van der Waals surface area contributed by atoms with Gasteiger partial charge in [0, 0.05) is 30.9 Å². The number of alkyl halides is 1. The molecule has 0 radical (unpaired) electrons. The molecule has 0 aliphatic heterocycles. The largest absolute Gasteiger partial charge is 0.356 e. The average Bonchev–Trinajstić information content (AvgIpc) is 2.35. The first-order valence-corrected chi connectivity index (χ1v) is 7.86. The highest BCUT2D eigenvalue weighted by molar-refractivity contribution is 7.98. The minimum absolute atomic E-state index is 0.418. The van der Waals surface area contributed by atoms with Gasteiger partial charge in [-0.25, -0.2) is 4.98 Å². The molecule has 1 unspecified atom stereocenters. The molecule has 0 N–H and O–H groups in total. The molecular weight excluding hydrogens is 275 g/mol. The highest BCUT2D eigenvalue weighted by Gasteiger charge is 2.14. The van der Waals surface area contributed by atoms with Gasteiger partial charge in [-0.1, -0.05) is 18.5 Å². The molecule has 0 aliphatic rings. The first kappa shape index (κ1) is 14.9. The van der Waals surface area contributed by atoms with Crippen molar-refractivity contribution in [2.75, 3.05) is 24.0 Å². The quantitative estimate of drug-likeness (QED) is 0.736. The summed E-state index contributed by atoms with van der Waals surface area (Å²) in [6.07, 6.45) is 4.89. The molecule has 0 saturated heterocycles. The topological polar surface area (TPSA) is 16.1 Å². The lowest BCUT2D eigenvalue weighted by molar-refractivity contribution is 0.666. The van der Waals surface area contributed by atoms with E-state index >= 15 is 0 Å². The van der Waals surface area contributed by atoms with Crippen LogP contribution in [0.1, 0.15) is 18.9 Å². The van der Waals surface area contributed by atoms with Gasteiger partial charge in [-0.05, 0) is 24.3 Å². The number of halogens is 2. The van der Waals surface area contributed by atoms with Crippen LogP contribution in [0, 0.1) is 0 Å². The Morgan fingerprint density at radius 2 is 2.24 bits per heavy atom. The van der Waals surface area contributed by atoms with Gasteiger partial charge in [0.05, 0.1) is 5.02 Å². The number of hydrogen-bond acceptors (Lipinski definition) is 3. The number of aromatic nitrogens is 1. The lowest BCUT2D eigenvalue weighted by atomic mass is 10.2. The van der Waals surface area contributed by atoms with Gasteiger partial charge < -0.3 is 4.90 Å². The highest BCUT2D eigenvalue weighted by Crippen LogP contribution is 2.23. The molecule has 0 fully saturated rings. The second-order valence-corrected chi connectivity index (χ2v) is 5.48. The summed E-state index contributed by atoms with van der Waals surface area (Å²) < 4.78 is 0.